The van der Waals surface area contributed by atoms with Crippen LogP contribution in [0.15, 0.2) is 24.3 Å². The standard InChI is InChI=1S/C45H53F2N5O5/c1-4-31-33(46)10-9-28-24-30(53)25-32(35(28)31)38-37(47)39-36(41(48-38)55-3)40(51-20-6-13-43(2,54)26-51)50-42(49-39)57-27-45-14-5-8-34(45)52(21-7-15-45)29-11-16-44(17-12-29)18-22-56-23-19-44/h1,9-10,24-25,29,34,53-54H,5-8,11-23,26-27H2,2-3H3/t34?,43-,45-/m1/s1. The average molecular weight is 782 g/mol. The summed E-state index contributed by atoms with van der Waals surface area (Å²) in [6.45, 7) is 5.89. The van der Waals surface area contributed by atoms with Gasteiger partial charge in [-0.15, -0.1) is 6.42 Å². The number of nitrogens with zero attached hydrogens (tertiary/aromatic N) is 5. The fourth-order valence-corrected chi connectivity index (χ4v) is 11.3. The van der Waals surface area contributed by atoms with Crippen LogP contribution in [-0.4, -0.2) is 94.3 Å². The molecule has 0 radical (unpaired) electrons. The van der Waals surface area contributed by atoms with Gasteiger partial charge < -0.3 is 29.3 Å². The Kier molecular flexibility index (Phi) is 9.93. The number of piperidine rings is 2. The first-order valence-electron chi connectivity index (χ1n) is 20.8. The number of benzene rings is 2. The van der Waals surface area contributed by atoms with Crippen molar-refractivity contribution < 1.29 is 33.2 Å². The zero-order valence-corrected chi connectivity index (χ0v) is 33.1. The van der Waals surface area contributed by atoms with E-state index in [1.54, 1.807) is 6.92 Å². The summed E-state index contributed by atoms with van der Waals surface area (Å²) in [4.78, 5) is 19.1. The van der Waals surface area contributed by atoms with Gasteiger partial charge in [-0.2, -0.15) is 9.97 Å². The molecular weight excluding hydrogens is 729 g/mol. The SMILES string of the molecule is C#Cc1c(F)ccc2cc(O)cc(-c3nc(OC)c4c(N5CCC[C@@](C)(O)C5)nc(OC[C@]56CCCC5N(C5CCC7(CCOCC7)CC5)CCC6)nc4c3F)c12. The van der Waals surface area contributed by atoms with E-state index in [4.69, 9.17) is 30.6 Å². The van der Waals surface area contributed by atoms with Gasteiger partial charge in [-0.1, -0.05) is 18.4 Å². The van der Waals surface area contributed by atoms with Crippen molar-refractivity contribution in [2.45, 2.75) is 108 Å². The third kappa shape index (κ3) is 6.83. The summed E-state index contributed by atoms with van der Waals surface area (Å²) in [5.74, 6) is 1.16. The molecule has 0 amide bonds. The van der Waals surface area contributed by atoms with Crippen LogP contribution in [0.2, 0.25) is 0 Å². The number of pyridine rings is 1. The van der Waals surface area contributed by atoms with Gasteiger partial charge in [0.25, 0.3) is 0 Å². The number of anilines is 1. The van der Waals surface area contributed by atoms with E-state index in [0.717, 1.165) is 51.9 Å². The van der Waals surface area contributed by atoms with E-state index in [-0.39, 0.29) is 62.7 Å². The Bertz CT molecular complexity index is 2230. The molecule has 57 heavy (non-hydrogen) atoms. The van der Waals surface area contributed by atoms with Gasteiger partial charge in [0.05, 0.1) is 24.9 Å². The number of aromatic hydroxyl groups is 1. The van der Waals surface area contributed by atoms with Gasteiger partial charge >= 0.3 is 6.01 Å². The zero-order valence-electron chi connectivity index (χ0n) is 33.1. The van der Waals surface area contributed by atoms with E-state index in [2.05, 4.69) is 15.8 Å². The third-order valence-corrected chi connectivity index (χ3v) is 14.2. The van der Waals surface area contributed by atoms with Gasteiger partial charge in [0.15, 0.2) is 5.82 Å². The van der Waals surface area contributed by atoms with Crippen molar-refractivity contribution in [2.75, 3.05) is 51.5 Å². The molecule has 2 N–H and O–H groups in total. The van der Waals surface area contributed by atoms with Crippen LogP contribution in [0.25, 0.3) is 32.9 Å². The van der Waals surface area contributed by atoms with E-state index >= 15 is 8.78 Å². The van der Waals surface area contributed by atoms with Crippen molar-refractivity contribution in [3.63, 3.8) is 0 Å². The number of aromatic nitrogens is 3. The van der Waals surface area contributed by atoms with Gasteiger partial charge in [0.2, 0.25) is 5.88 Å². The molecule has 4 aromatic rings. The molecule has 3 saturated heterocycles. The van der Waals surface area contributed by atoms with Crippen molar-refractivity contribution in [3.05, 3.63) is 41.5 Å². The number of phenols is 1. The van der Waals surface area contributed by atoms with Crippen LogP contribution >= 0.6 is 0 Å². The smallest absolute Gasteiger partial charge is 0.319 e. The third-order valence-electron chi connectivity index (χ3n) is 14.2. The summed E-state index contributed by atoms with van der Waals surface area (Å²) in [5, 5.41) is 22.8. The lowest BCUT2D eigenvalue weighted by atomic mass is 9.66. The number of fused-ring (bicyclic) bond motifs is 3. The molecule has 5 heterocycles. The summed E-state index contributed by atoms with van der Waals surface area (Å²) < 4.78 is 50.7. The highest BCUT2D eigenvalue weighted by Gasteiger charge is 2.51. The van der Waals surface area contributed by atoms with Gasteiger partial charge in [-0.05, 0) is 120 Å². The minimum atomic E-state index is -1.00. The zero-order chi connectivity index (χ0) is 39.5. The highest BCUT2D eigenvalue weighted by Crippen LogP contribution is 2.52. The molecule has 0 bridgehead atoms. The Hall–Kier alpha value is -4.31. The first kappa shape index (κ1) is 38.2. The second-order valence-electron chi connectivity index (χ2n) is 17.8. The lowest BCUT2D eigenvalue weighted by molar-refractivity contribution is -0.0574. The second-order valence-corrected chi connectivity index (χ2v) is 17.8. The molecule has 2 aromatic carbocycles. The fourth-order valence-electron chi connectivity index (χ4n) is 11.3. The van der Waals surface area contributed by atoms with Gasteiger partial charge in [0.1, 0.15) is 34.0 Å². The molecule has 9 rings (SSSR count). The molecule has 10 nitrogen and oxygen atoms in total. The summed E-state index contributed by atoms with van der Waals surface area (Å²) in [6.07, 6.45) is 19.9. The summed E-state index contributed by atoms with van der Waals surface area (Å²) >= 11 is 0. The van der Waals surface area contributed by atoms with Crippen molar-refractivity contribution in [2.24, 2.45) is 10.8 Å². The highest BCUT2D eigenvalue weighted by atomic mass is 19.1. The molecule has 1 unspecified atom stereocenters. The largest absolute Gasteiger partial charge is 0.508 e. The van der Waals surface area contributed by atoms with Gasteiger partial charge in [0, 0.05) is 54.8 Å². The number of likely N-dealkylation sites (tertiary alicyclic amines) is 1. The van der Waals surface area contributed by atoms with E-state index < -0.39 is 17.2 Å². The maximum Gasteiger partial charge on any atom is 0.319 e. The quantitative estimate of drug-likeness (QED) is 0.179. The van der Waals surface area contributed by atoms with Crippen LogP contribution in [0.1, 0.15) is 96.0 Å². The molecule has 3 atom stereocenters. The first-order chi connectivity index (χ1) is 27.5. The Morgan fingerprint density at radius 1 is 0.947 bits per heavy atom. The molecule has 5 aliphatic rings. The Balaban J connectivity index is 1.10. The van der Waals surface area contributed by atoms with Crippen molar-refractivity contribution >= 4 is 27.5 Å². The van der Waals surface area contributed by atoms with Gasteiger partial charge in [-0.25, -0.2) is 13.8 Å². The Morgan fingerprint density at radius 2 is 1.72 bits per heavy atom. The van der Waals surface area contributed by atoms with Crippen molar-refractivity contribution in [1.82, 2.24) is 19.9 Å². The number of terminal acetylenes is 1. The van der Waals surface area contributed by atoms with Crippen LogP contribution in [0, 0.1) is 34.8 Å². The molecular formula is C45H53F2N5O5. The first-order valence-corrected chi connectivity index (χ1v) is 20.8. The molecule has 5 fully saturated rings. The summed E-state index contributed by atoms with van der Waals surface area (Å²) in [7, 11) is 1.43. The van der Waals surface area contributed by atoms with Crippen LogP contribution in [-0.2, 0) is 4.74 Å². The number of ether oxygens (including phenoxy) is 3. The second kappa shape index (κ2) is 14.8. The molecule has 1 spiro atoms. The number of phenolic OH excluding ortho intramolecular Hbond substituents is 1. The van der Waals surface area contributed by atoms with Crippen molar-refractivity contribution in [3.8, 4) is 41.2 Å². The molecule has 2 saturated carbocycles. The number of hydrogen-bond donors (Lipinski definition) is 2. The summed E-state index contributed by atoms with van der Waals surface area (Å²) in [6, 6.07) is 6.48. The lowest BCUT2D eigenvalue weighted by Gasteiger charge is -2.52. The number of halogens is 2. The maximum absolute atomic E-state index is 17.4. The molecule has 2 aromatic heterocycles. The van der Waals surface area contributed by atoms with E-state index in [1.165, 1.54) is 69.9 Å². The van der Waals surface area contributed by atoms with Crippen LogP contribution in [0.4, 0.5) is 14.6 Å². The minimum Gasteiger partial charge on any atom is -0.508 e. The number of rotatable bonds is 7. The van der Waals surface area contributed by atoms with Crippen molar-refractivity contribution in [1.29, 1.82) is 0 Å². The highest BCUT2D eigenvalue weighted by molar-refractivity contribution is 6.04. The number of aliphatic hydroxyl groups is 1. The molecule has 12 heteroatoms. The number of hydrogen-bond acceptors (Lipinski definition) is 10. The van der Waals surface area contributed by atoms with E-state index in [0.29, 0.717) is 54.7 Å². The number of β-amino-alcohol motifs (C(OH)–C–C–N with tert-alkyl or cyclic N) is 1. The van der Waals surface area contributed by atoms with E-state index in [1.807, 2.05) is 4.90 Å². The molecule has 3 aliphatic heterocycles. The minimum absolute atomic E-state index is 0.0354. The molecule has 2 aliphatic carbocycles. The predicted molar refractivity (Wildman–Crippen MR) is 215 cm³/mol. The normalized spacial score (nSPS) is 26.8. The number of methoxy groups -OCH3 is 1. The predicted octanol–water partition coefficient (Wildman–Crippen LogP) is 7.92. The molecule has 302 valence electrons. The van der Waals surface area contributed by atoms with Crippen LogP contribution in [0.5, 0.6) is 17.6 Å². The van der Waals surface area contributed by atoms with Crippen LogP contribution in [0.3, 0.4) is 0 Å². The van der Waals surface area contributed by atoms with E-state index in [9.17, 15) is 10.2 Å². The maximum atomic E-state index is 17.4. The Labute approximate surface area is 332 Å². The fraction of sp³-hybridized carbons (Fsp3) is 0.578. The average Bonchev–Trinajstić information content (AvgIpc) is 3.65. The van der Waals surface area contributed by atoms with Crippen LogP contribution < -0.4 is 14.4 Å². The van der Waals surface area contributed by atoms with Gasteiger partial charge in [-0.3, -0.25) is 4.90 Å². The monoisotopic (exact) mass is 781 g/mol. The summed E-state index contributed by atoms with van der Waals surface area (Å²) in [5.41, 5.74) is -0.906. The topological polar surface area (TPSA) is 113 Å². The lowest BCUT2D eigenvalue weighted by Crippen LogP contribution is -2.56. The Morgan fingerprint density at radius 3 is 2.47 bits per heavy atom.